The standard InChI is InChI=1S/C14H28N2O2/c1-5-13(11-17-7-3)15-9-10-16-14(6-2)12-18-8-4/h7-8,13-16H,3-6,9-12H2,1-2H3/t13-,14-/m0/s1/i3D2,4D2,7D,8D. The van der Waals surface area contributed by atoms with Crippen LogP contribution in [0, 0.1) is 0 Å². The van der Waals surface area contributed by atoms with Crippen LogP contribution in [0.25, 0.3) is 0 Å². The first-order chi connectivity index (χ1) is 11.3. The fraction of sp³-hybridized carbons (Fsp3) is 0.714. The van der Waals surface area contributed by atoms with Crippen LogP contribution < -0.4 is 10.6 Å². The molecule has 0 rings (SSSR count). The Bertz CT molecular complexity index is 374. The Balaban J connectivity index is 4.02. The normalized spacial score (nSPS) is 17.9. The molecule has 0 amide bonds. The summed E-state index contributed by atoms with van der Waals surface area (Å²) in [6.07, 6.45) is 0.724. The van der Waals surface area contributed by atoms with Crippen molar-refractivity contribution in [1.29, 1.82) is 0 Å². The average molecular weight is 262 g/mol. The summed E-state index contributed by atoms with van der Waals surface area (Å²) in [6, 6.07) is 0.0552. The van der Waals surface area contributed by atoms with Crippen molar-refractivity contribution in [1.82, 2.24) is 10.6 Å². The Hall–Kier alpha value is -1.00. The lowest BCUT2D eigenvalue weighted by Crippen LogP contribution is -2.41. The van der Waals surface area contributed by atoms with Gasteiger partial charge in [-0.1, -0.05) is 26.9 Å². The summed E-state index contributed by atoms with van der Waals surface area (Å²) in [5.41, 5.74) is 0. The SMILES string of the molecule is [2H]C([2H])=C([2H])OC[C@H](CC)NCCN[C@@H](CC)COC([2H])=C([2H])[2H]. The van der Waals surface area contributed by atoms with Crippen LogP contribution in [0.3, 0.4) is 0 Å². The van der Waals surface area contributed by atoms with Gasteiger partial charge in [0.05, 0.1) is 18.0 Å². The van der Waals surface area contributed by atoms with Gasteiger partial charge in [-0.25, -0.2) is 0 Å². The van der Waals surface area contributed by atoms with Crippen LogP contribution >= 0.6 is 0 Å². The van der Waals surface area contributed by atoms with Gasteiger partial charge in [0.25, 0.3) is 0 Å². The van der Waals surface area contributed by atoms with E-state index in [1.165, 1.54) is 0 Å². The van der Waals surface area contributed by atoms with Gasteiger partial charge in [-0.15, -0.1) is 0 Å². The molecule has 0 aliphatic carbocycles. The molecule has 0 saturated heterocycles. The Morgan fingerprint density at radius 1 is 1.06 bits per heavy atom. The van der Waals surface area contributed by atoms with Gasteiger partial charge in [0, 0.05) is 25.2 Å². The molecule has 0 aliphatic heterocycles. The molecule has 0 bridgehead atoms. The maximum Gasteiger partial charge on any atom is 0.103 e. The Labute approximate surface area is 120 Å². The molecule has 4 nitrogen and oxygen atoms in total. The average Bonchev–Trinajstić information content (AvgIpc) is 2.55. The highest BCUT2D eigenvalue weighted by atomic mass is 16.5. The molecular formula is C14H28N2O2. The molecule has 0 fully saturated rings. The molecule has 2 N–H and O–H groups in total. The third-order valence-corrected chi connectivity index (χ3v) is 2.69. The van der Waals surface area contributed by atoms with E-state index in [0.717, 1.165) is 12.8 Å². The minimum Gasteiger partial charge on any atom is -0.500 e. The third kappa shape index (κ3) is 9.07. The molecule has 0 aliphatic rings. The molecule has 106 valence electrons. The molecule has 2 atom stereocenters. The van der Waals surface area contributed by atoms with Crippen molar-refractivity contribution in [3.63, 3.8) is 0 Å². The third-order valence-electron chi connectivity index (χ3n) is 2.69. The number of hydrogen-bond donors (Lipinski definition) is 2. The van der Waals surface area contributed by atoms with Gasteiger partial charge in [0.1, 0.15) is 16.0 Å². The van der Waals surface area contributed by atoms with E-state index >= 15 is 0 Å². The van der Waals surface area contributed by atoms with E-state index in [1.54, 1.807) is 0 Å². The highest BCUT2D eigenvalue weighted by Crippen LogP contribution is 1.93. The largest absolute Gasteiger partial charge is 0.500 e. The lowest BCUT2D eigenvalue weighted by molar-refractivity contribution is 0.199. The van der Waals surface area contributed by atoms with E-state index in [-0.39, 0.29) is 25.3 Å². The molecule has 0 aromatic rings. The molecular weight excluding hydrogens is 228 g/mol. The van der Waals surface area contributed by atoms with E-state index in [4.69, 9.17) is 17.7 Å². The van der Waals surface area contributed by atoms with Gasteiger partial charge in [-0.3, -0.25) is 0 Å². The first-order valence-electron chi connectivity index (χ1n) is 9.32. The molecule has 0 unspecified atom stereocenters. The van der Waals surface area contributed by atoms with E-state index < -0.39 is 25.5 Å². The highest BCUT2D eigenvalue weighted by molar-refractivity contribution is 4.69. The van der Waals surface area contributed by atoms with Gasteiger partial charge >= 0.3 is 0 Å². The lowest BCUT2D eigenvalue weighted by Gasteiger charge is -2.19. The van der Waals surface area contributed by atoms with E-state index in [0.29, 0.717) is 13.1 Å². The van der Waals surface area contributed by atoms with Gasteiger partial charge in [-0.05, 0) is 12.8 Å². The van der Waals surface area contributed by atoms with Crippen molar-refractivity contribution >= 4 is 0 Å². The topological polar surface area (TPSA) is 42.5 Å². The number of hydrogen-bond acceptors (Lipinski definition) is 4. The zero-order valence-electron chi connectivity index (χ0n) is 17.2. The van der Waals surface area contributed by atoms with Gasteiger partial charge < -0.3 is 20.1 Å². The van der Waals surface area contributed by atoms with Crippen LogP contribution in [0.2, 0.25) is 0 Å². The van der Waals surface area contributed by atoms with Crippen molar-refractivity contribution in [3.8, 4) is 0 Å². The molecule has 18 heavy (non-hydrogen) atoms. The minimum atomic E-state index is -0.636. The molecule has 0 aromatic heterocycles. The maximum absolute atomic E-state index is 7.28. The zero-order valence-corrected chi connectivity index (χ0v) is 11.2. The van der Waals surface area contributed by atoms with Crippen molar-refractivity contribution in [2.75, 3.05) is 26.3 Å². The first-order valence-corrected chi connectivity index (χ1v) is 6.32. The fourth-order valence-electron chi connectivity index (χ4n) is 1.48. The predicted molar refractivity (Wildman–Crippen MR) is 76.5 cm³/mol. The quantitative estimate of drug-likeness (QED) is 0.394. The van der Waals surface area contributed by atoms with Crippen LogP contribution in [-0.4, -0.2) is 38.4 Å². The fourth-order valence-corrected chi connectivity index (χ4v) is 1.48. The van der Waals surface area contributed by atoms with Crippen molar-refractivity contribution in [2.45, 2.75) is 38.8 Å². The summed E-state index contributed by atoms with van der Waals surface area (Å²) in [4.78, 5) is 0. The zero-order chi connectivity index (χ0) is 18.5. The summed E-state index contributed by atoms with van der Waals surface area (Å²) < 4.78 is 52.5. The van der Waals surface area contributed by atoms with E-state index in [1.807, 2.05) is 13.8 Å². The Kier molecular flexibility index (Phi) is 6.22. The second-order valence-electron chi connectivity index (χ2n) is 3.94. The molecule has 0 heterocycles. The monoisotopic (exact) mass is 262 g/mol. The lowest BCUT2D eigenvalue weighted by atomic mass is 10.2. The summed E-state index contributed by atoms with van der Waals surface area (Å²) in [5, 5.41) is 6.53. The van der Waals surface area contributed by atoms with Crippen LogP contribution in [0.4, 0.5) is 0 Å². The summed E-state index contributed by atoms with van der Waals surface area (Å²) in [7, 11) is 0. The molecule has 4 heteroatoms. The van der Waals surface area contributed by atoms with Crippen LogP contribution in [0.5, 0.6) is 0 Å². The molecule has 0 aromatic carbocycles. The van der Waals surface area contributed by atoms with Gasteiger partial charge in [-0.2, -0.15) is 0 Å². The Morgan fingerprint density at radius 2 is 1.50 bits per heavy atom. The smallest absolute Gasteiger partial charge is 0.103 e. The summed E-state index contributed by atoms with van der Waals surface area (Å²) in [5.74, 6) is 0. The second-order valence-corrected chi connectivity index (χ2v) is 3.94. The Morgan fingerprint density at radius 3 is 1.83 bits per heavy atom. The van der Waals surface area contributed by atoms with Gasteiger partial charge in [0.2, 0.25) is 0 Å². The van der Waals surface area contributed by atoms with Crippen LogP contribution in [0.15, 0.2) is 25.5 Å². The van der Waals surface area contributed by atoms with Crippen LogP contribution in [-0.2, 0) is 9.47 Å². The molecule has 0 saturated carbocycles. The summed E-state index contributed by atoms with van der Waals surface area (Å²) >= 11 is 0. The van der Waals surface area contributed by atoms with Crippen LogP contribution in [0.1, 0.15) is 34.9 Å². The molecule has 0 spiro atoms. The number of rotatable bonds is 13. The summed E-state index contributed by atoms with van der Waals surface area (Å²) in [6.45, 7) is 4.49. The maximum atomic E-state index is 7.28. The van der Waals surface area contributed by atoms with E-state index in [9.17, 15) is 0 Å². The molecule has 0 radical (unpaired) electrons. The van der Waals surface area contributed by atoms with Gasteiger partial charge in [0.15, 0.2) is 0 Å². The van der Waals surface area contributed by atoms with Crippen molar-refractivity contribution in [2.24, 2.45) is 0 Å². The highest BCUT2D eigenvalue weighted by Gasteiger charge is 2.07. The van der Waals surface area contributed by atoms with E-state index in [2.05, 4.69) is 10.6 Å². The first kappa shape index (κ1) is 8.99. The van der Waals surface area contributed by atoms with Crippen molar-refractivity contribution in [3.05, 3.63) is 25.5 Å². The second kappa shape index (κ2) is 12.5. The number of nitrogens with one attached hydrogen (secondary N) is 2. The predicted octanol–water partition coefficient (Wildman–Crippen LogP) is 2.04. The van der Waals surface area contributed by atoms with Crippen molar-refractivity contribution < 1.29 is 17.7 Å². The minimum absolute atomic E-state index is 0.0276. The number of ether oxygens (including phenoxy) is 2.